The number of carbonyl (C=O) groups is 1. The average molecular weight is 308 g/mol. The molecule has 8 heteroatoms. The fourth-order valence-corrected chi connectivity index (χ4v) is 2.48. The minimum Gasteiger partial charge on any atom is -0.465 e. The highest BCUT2D eigenvalue weighted by Crippen LogP contribution is 2.39. The monoisotopic (exact) mass is 307 g/mol. The Balaban J connectivity index is 2.66. The number of nitrogens with one attached hydrogen (secondary N) is 1. The lowest BCUT2D eigenvalue weighted by Gasteiger charge is -2.18. The zero-order chi connectivity index (χ0) is 14.5. The van der Waals surface area contributed by atoms with E-state index in [9.17, 15) is 14.3 Å². The van der Waals surface area contributed by atoms with Crippen LogP contribution in [0.3, 0.4) is 0 Å². The van der Waals surface area contributed by atoms with E-state index in [1.807, 2.05) is 0 Å². The average Bonchev–Trinajstić information content (AvgIpc) is 2.27. The molecule has 1 aromatic carbocycles. The van der Waals surface area contributed by atoms with E-state index in [-0.39, 0.29) is 12.4 Å². The van der Waals surface area contributed by atoms with E-state index in [1.165, 1.54) is 19.1 Å². The van der Waals surface area contributed by atoms with Gasteiger partial charge in [-0.1, -0.05) is 17.7 Å². The van der Waals surface area contributed by atoms with Gasteiger partial charge >= 0.3 is 13.7 Å². The number of rotatable bonds is 6. The van der Waals surface area contributed by atoms with Crippen LogP contribution in [-0.4, -0.2) is 23.5 Å². The maximum Gasteiger partial charge on any atom is 0.456 e. The van der Waals surface area contributed by atoms with Gasteiger partial charge in [0.15, 0.2) is 0 Å². The molecule has 106 valence electrons. The third kappa shape index (κ3) is 5.61. The Bertz CT molecular complexity index is 496. The summed E-state index contributed by atoms with van der Waals surface area (Å²) in [6.45, 7) is 3.24. The first-order chi connectivity index (χ1) is 8.84. The Morgan fingerprint density at radius 3 is 2.84 bits per heavy atom. The van der Waals surface area contributed by atoms with Crippen LogP contribution in [0.15, 0.2) is 24.3 Å². The fourth-order valence-electron chi connectivity index (χ4n) is 1.26. The Labute approximate surface area is 116 Å². The predicted octanol–water partition coefficient (Wildman–Crippen LogP) is 2.36. The largest absolute Gasteiger partial charge is 0.465 e. The molecular formula is C11H15ClNO5P. The second kappa shape index (κ2) is 6.91. The molecule has 0 aliphatic rings. The summed E-state index contributed by atoms with van der Waals surface area (Å²) in [4.78, 5) is 21.0. The van der Waals surface area contributed by atoms with Crippen LogP contribution >= 0.6 is 19.3 Å². The van der Waals surface area contributed by atoms with Crippen molar-refractivity contribution < 1.29 is 23.5 Å². The summed E-state index contributed by atoms with van der Waals surface area (Å²) in [5, 5.41) is 2.55. The minimum absolute atomic E-state index is 0.127. The minimum atomic E-state index is -4.18. The third-order valence-electron chi connectivity index (χ3n) is 2.02. The molecule has 2 N–H and O–H groups in total. The zero-order valence-corrected chi connectivity index (χ0v) is 12.1. The first kappa shape index (κ1) is 16.0. The Morgan fingerprint density at radius 1 is 1.58 bits per heavy atom. The van der Waals surface area contributed by atoms with E-state index < -0.39 is 19.8 Å². The van der Waals surface area contributed by atoms with Gasteiger partial charge in [-0.2, -0.15) is 5.09 Å². The zero-order valence-electron chi connectivity index (χ0n) is 10.5. The van der Waals surface area contributed by atoms with Crippen molar-refractivity contribution in [3.05, 3.63) is 29.3 Å². The number of hydrogen-bond acceptors (Lipinski definition) is 4. The summed E-state index contributed by atoms with van der Waals surface area (Å²) in [6, 6.07) is 5.08. The standard InChI is InChI=1S/C11H15ClNO5P/c1-3-17-11(14)8(2)13-19(15,16)18-10-6-4-5-9(12)7-10/h4-8H,3H2,1-2H3,(H2,13,15,16). The SMILES string of the molecule is CCOC(=O)C(C)NP(=O)(O)Oc1cccc(Cl)c1. The van der Waals surface area contributed by atoms with Crippen LogP contribution in [0.1, 0.15) is 13.8 Å². The van der Waals surface area contributed by atoms with Crippen LogP contribution < -0.4 is 9.61 Å². The summed E-state index contributed by atoms with van der Waals surface area (Å²) >= 11 is 5.73. The number of halogens is 1. The molecule has 0 radical (unpaired) electrons. The van der Waals surface area contributed by atoms with Crippen LogP contribution in [0.5, 0.6) is 5.75 Å². The lowest BCUT2D eigenvalue weighted by Crippen LogP contribution is -2.34. The summed E-state index contributed by atoms with van der Waals surface area (Å²) in [5.74, 6) is -0.506. The molecule has 0 saturated carbocycles. The van der Waals surface area contributed by atoms with E-state index in [0.717, 1.165) is 0 Å². The third-order valence-corrected chi connectivity index (χ3v) is 3.43. The Kier molecular flexibility index (Phi) is 5.82. The second-order valence-electron chi connectivity index (χ2n) is 3.67. The molecule has 0 spiro atoms. The highest BCUT2D eigenvalue weighted by Gasteiger charge is 2.28. The molecule has 2 atom stereocenters. The van der Waals surface area contributed by atoms with Crippen LogP contribution in [0.2, 0.25) is 5.02 Å². The van der Waals surface area contributed by atoms with Crippen molar-refractivity contribution in [2.24, 2.45) is 0 Å². The maximum absolute atomic E-state index is 11.8. The van der Waals surface area contributed by atoms with Crippen molar-refractivity contribution in [1.82, 2.24) is 5.09 Å². The van der Waals surface area contributed by atoms with E-state index in [0.29, 0.717) is 5.02 Å². The highest BCUT2D eigenvalue weighted by molar-refractivity contribution is 7.51. The Morgan fingerprint density at radius 2 is 2.26 bits per heavy atom. The summed E-state index contributed by atoms with van der Waals surface area (Å²) in [5.41, 5.74) is 0. The molecule has 1 rings (SSSR count). The van der Waals surface area contributed by atoms with Gasteiger partial charge in [0, 0.05) is 5.02 Å². The maximum atomic E-state index is 11.8. The van der Waals surface area contributed by atoms with Gasteiger partial charge in [-0.05, 0) is 32.0 Å². The lowest BCUT2D eigenvalue weighted by atomic mass is 10.3. The van der Waals surface area contributed by atoms with E-state index in [4.69, 9.17) is 20.9 Å². The van der Waals surface area contributed by atoms with Crippen LogP contribution in [0, 0.1) is 0 Å². The molecule has 1 aromatic rings. The molecule has 0 aliphatic carbocycles. The fraction of sp³-hybridized carbons (Fsp3) is 0.364. The summed E-state index contributed by atoms with van der Waals surface area (Å²) in [7, 11) is -4.18. The molecule has 0 bridgehead atoms. The topological polar surface area (TPSA) is 84.9 Å². The molecule has 0 amide bonds. The molecule has 0 aliphatic heterocycles. The highest BCUT2D eigenvalue weighted by atomic mass is 35.5. The number of benzene rings is 1. The number of ether oxygens (including phenoxy) is 1. The normalized spacial score (nSPS) is 15.4. The van der Waals surface area contributed by atoms with Crippen molar-refractivity contribution in [3.8, 4) is 5.75 Å². The van der Waals surface area contributed by atoms with Crippen LogP contribution in [0.4, 0.5) is 0 Å². The molecule has 0 fully saturated rings. The molecule has 0 saturated heterocycles. The quantitative estimate of drug-likeness (QED) is 0.620. The molecular weight excluding hydrogens is 293 g/mol. The van der Waals surface area contributed by atoms with Crippen LogP contribution in [0.25, 0.3) is 0 Å². The molecule has 19 heavy (non-hydrogen) atoms. The van der Waals surface area contributed by atoms with Crippen molar-refractivity contribution in [1.29, 1.82) is 0 Å². The predicted molar refractivity (Wildman–Crippen MR) is 71.1 cm³/mol. The summed E-state index contributed by atoms with van der Waals surface area (Å²) < 4.78 is 21.4. The molecule has 0 heterocycles. The second-order valence-corrected chi connectivity index (χ2v) is 5.59. The van der Waals surface area contributed by atoms with Gasteiger partial charge < -0.3 is 14.2 Å². The first-order valence-electron chi connectivity index (χ1n) is 5.56. The molecule has 2 unspecified atom stereocenters. The van der Waals surface area contributed by atoms with Gasteiger partial charge in [-0.25, -0.2) is 4.57 Å². The van der Waals surface area contributed by atoms with Gasteiger partial charge in [0.2, 0.25) is 0 Å². The van der Waals surface area contributed by atoms with E-state index in [1.54, 1.807) is 19.1 Å². The number of carbonyl (C=O) groups excluding carboxylic acids is 1. The van der Waals surface area contributed by atoms with E-state index in [2.05, 4.69) is 5.09 Å². The van der Waals surface area contributed by atoms with Crippen LogP contribution in [-0.2, 0) is 14.1 Å². The molecule has 0 aromatic heterocycles. The van der Waals surface area contributed by atoms with Crippen molar-refractivity contribution in [2.45, 2.75) is 19.9 Å². The van der Waals surface area contributed by atoms with Crippen molar-refractivity contribution in [3.63, 3.8) is 0 Å². The van der Waals surface area contributed by atoms with Gasteiger partial charge in [-0.3, -0.25) is 4.79 Å². The lowest BCUT2D eigenvalue weighted by molar-refractivity contribution is -0.144. The Hall–Kier alpha value is -1.07. The van der Waals surface area contributed by atoms with Gasteiger partial charge in [0.05, 0.1) is 6.61 Å². The van der Waals surface area contributed by atoms with Gasteiger partial charge in [-0.15, -0.1) is 0 Å². The van der Waals surface area contributed by atoms with Gasteiger partial charge in [0.1, 0.15) is 11.8 Å². The van der Waals surface area contributed by atoms with Gasteiger partial charge in [0.25, 0.3) is 0 Å². The van der Waals surface area contributed by atoms with Crippen molar-refractivity contribution in [2.75, 3.05) is 6.61 Å². The van der Waals surface area contributed by atoms with Crippen molar-refractivity contribution >= 4 is 25.3 Å². The number of esters is 1. The summed E-state index contributed by atoms with van der Waals surface area (Å²) in [6.07, 6.45) is 0. The molecule has 6 nitrogen and oxygen atoms in total. The number of hydrogen-bond donors (Lipinski definition) is 2. The smallest absolute Gasteiger partial charge is 0.456 e. The van der Waals surface area contributed by atoms with E-state index >= 15 is 0 Å². The first-order valence-corrected chi connectivity index (χ1v) is 7.52.